The standard InChI is InChI=1S/C16H16F3N3O3S/c1-9(23)22-6-4-10(5-7-22)14(24)21-15-20-12-3-2-11(8-13(12)26-15)25-16(17,18)19/h2-3,8,10H,4-7H2,1H3,(H,20,21,24). The number of benzene rings is 1. The summed E-state index contributed by atoms with van der Waals surface area (Å²) < 4.78 is 41.2. The average Bonchev–Trinajstić information content (AvgIpc) is 2.94. The molecule has 0 radical (unpaired) electrons. The summed E-state index contributed by atoms with van der Waals surface area (Å²) in [5.41, 5.74) is 0.478. The predicted octanol–water partition coefficient (Wildman–Crippen LogP) is 3.39. The van der Waals surface area contributed by atoms with Crippen LogP contribution in [0, 0.1) is 5.92 Å². The van der Waals surface area contributed by atoms with Gasteiger partial charge in [0.2, 0.25) is 11.8 Å². The first-order valence-corrected chi connectivity index (χ1v) is 8.75. The number of ether oxygens (including phenoxy) is 1. The number of fused-ring (bicyclic) bond motifs is 1. The molecule has 1 N–H and O–H groups in total. The zero-order valence-electron chi connectivity index (χ0n) is 13.8. The van der Waals surface area contributed by atoms with Gasteiger partial charge >= 0.3 is 6.36 Å². The second kappa shape index (κ2) is 7.10. The van der Waals surface area contributed by atoms with Crippen molar-refractivity contribution in [3.63, 3.8) is 0 Å². The molecule has 1 aromatic heterocycles. The largest absolute Gasteiger partial charge is 0.573 e. The van der Waals surface area contributed by atoms with Crippen LogP contribution in [0.2, 0.25) is 0 Å². The number of anilines is 1. The summed E-state index contributed by atoms with van der Waals surface area (Å²) in [6, 6.07) is 3.83. The minimum absolute atomic E-state index is 0.00749. The second-order valence-corrected chi connectivity index (χ2v) is 7.00. The fourth-order valence-electron chi connectivity index (χ4n) is 2.82. The summed E-state index contributed by atoms with van der Waals surface area (Å²) in [5.74, 6) is -0.754. The van der Waals surface area contributed by atoms with Gasteiger partial charge in [-0.15, -0.1) is 13.2 Å². The van der Waals surface area contributed by atoms with E-state index in [4.69, 9.17) is 0 Å². The van der Waals surface area contributed by atoms with Gasteiger partial charge in [0.25, 0.3) is 0 Å². The molecule has 140 valence electrons. The lowest BCUT2D eigenvalue weighted by molar-refractivity contribution is -0.274. The number of nitrogens with zero attached hydrogens (tertiary/aromatic N) is 2. The van der Waals surface area contributed by atoms with E-state index < -0.39 is 6.36 Å². The van der Waals surface area contributed by atoms with Gasteiger partial charge in [-0.3, -0.25) is 9.59 Å². The third-order valence-corrected chi connectivity index (χ3v) is 5.07. The van der Waals surface area contributed by atoms with Crippen LogP contribution in [-0.2, 0) is 9.59 Å². The first kappa shape index (κ1) is 18.4. The molecule has 0 spiro atoms. The van der Waals surface area contributed by atoms with Gasteiger partial charge in [0.1, 0.15) is 5.75 Å². The molecular weight excluding hydrogens is 371 g/mol. The molecule has 3 rings (SSSR count). The van der Waals surface area contributed by atoms with E-state index in [-0.39, 0.29) is 23.5 Å². The number of rotatable bonds is 3. The highest BCUT2D eigenvalue weighted by atomic mass is 32.1. The molecule has 0 atom stereocenters. The minimum atomic E-state index is -4.76. The molecule has 2 heterocycles. The molecule has 0 unspecified atom stereocenters. The molecule has 1 fully saturated rings. The van der Waals surface area contributed by atoms with Gasteiger partial charge in [-0.05, 0) is 25.0 Å². The van der Waals surface area contributed by atoms with E-state index in [1.165, 1.54) is 25.1 Å². The quantitative estimate of drug-likeness (QED) is 0.876. The van der Waals surface area contributed by atoms with Gasteiger partial charge in [-0.2, -0.15) is 0 Å². The first-order chi connectivity index (χ1) is 12.2. The summed E-state index contributed by atoms with van der Waals surface area (Å²) in [7, 11) is 0. The van der Waals surface area contributed by atoms with Crippen LogP contribution in [0.3, 0.4) is 0 Å². The molecule has 0 saturated carbocycles. The number of amides is 2. The van der Waals surface area contributed by atoms with Crippen LogP contribution in [0.5, 0.6) is 5.75 Å². The van der Waals surface area contributed by atoms with Crippen molar-refractivity contribution in [1.29, 1.82) is 0 Å². The van der Waals surface area contributed by atoms with E-state index in [1.54, 1.807) is 4.90 Å². The van der Waals surface area contributed by atoms with Crippen molar-refractivity contribution in [3.05, 3.63) is 18.2 Å². The lowest BCUT2D eigenvalue weighted by Crippen LogP contribution is -2.40. The molecule has 1 aliphatic heterocycles. The van der Waals surface area contributed by atoms with Crippen molar-refractivity contribution in [2.45, 2.75) is 26.1 Å². The van der Waals surface area contributed by atoms with Gasteiger partial charge in [0.15, 0.2) is 5.13 Å². The van der Waals surface area contributed by atoms with Crippen molar-refractivity contribution in [2.24, 2.45) is 5.92 Å². The number of carbonyl (C=O) groups is 2. The molecule has 1 saturated heterocycles. The Morgan fingerprint density at radius 1 is 1.31 bits per heavy atom. The van der Waals surface area contributed by atoms with Crippen LogP contribution in [0.25, 0.3) is 10.2 Å². The Morgan fingerprint density at radius 2 is 2.00 bits per heavy atom. The SMILES string of the molecule is CC(=O)N1CCC(C(=O)Nc2nc3ccc(OC(F)(F)F)cc3s2)CC1. The zero-order valence-corrected chi connectivity index (χ0v) is 14.6. The second-order valence-electron chi connectivity index (χ2n) is 5.97. The third kappa shape index (κ3) is 4.43. The van der Waals surface area contributed by atoms with Crippen LogP contribution in [0.1, 0.15) is 19.8 Å². The van der Waals surface area contributed by atoms with Crippen LogP contribution in [-0.4, -0.2) is 41.2 Å². The molecular formula is C16H16F3N3O3S. The maximum Gasteiger partial charge on any atom is 0.573 e. The summed E-state index contributed by atoms with van der Waals surface area (Å²) in [4.78, 5) is 29.6. The minimum Gasteiger partial charge on any atom is -0.406 e. The molecule has 1 aromatic carbocycles. The van der Waals surface area contributed by atoms with E-state index in [1.807, 2.05) is 0 Å². The maximum absolute atomic E-state index is 12.4. The normalized spacial score (nSPS) is 15.9. The van der Waals surface area contributed by atoms with Crippen molar-refractivity contribution in [1.82, 2.24) is 9.88 Å². The van der Waals surface area contributed by atoms with E-state index in [0.29, 0.717) is 41.3 Å². The fraction of sp³-hybridized carbons (Fsp3) is 0.438. The number of carbonyl (C=O) groups excluding carboxylic acids is 2. The van der Waals surface area contributed by atoms with Gasteiger partial charge in [0.05, 0.1) is 10.2 Å². The highest BCUT2D eigenvalue weighted by Crippen LogP contribution is 2.32. The van der Waals surface area contributed by atoms with Crippen LogP contribution >= 0.6 is 11.3 Å². The monoisotopic (exact) mass is 387 g/mol. The Kier molecular flexibility index (Phi) is 5.03. The number of nitrogens with one attached hydrogen (secondary N) is 1. The van der Waals surface area contributed by atoms with E-state index in [2.05, 4.69) is 15.0 Å². The third-order valence-electron chi connectivity index (χ3n) is 4.13. The molecule has 26 heavy (non-hydrogen) atoms. The lowest BCUT2D eigenvalue weighted by atomic mass is 9.96. The van der Waals surface area contributed by atoms with Crippen molar-refractivity contribution in [2.75, 3.05) is 18.4 Å². The van der Waals surface area contributed by atoms with E-state index in [0.717, 1.165) is 11.3 Å². The van der Waals surface area contributed by atoms with Crippen LogP contribution in [0.4, 0.5) is 18.3 Å². The molecule has 0 bridgehead atoms. The van der Waals surface area contributed by atoms with Gasteiger partial charge in [0, 0.05) is 32.0 Å². The Balaban J connectivity index is 1.65. The van der Waals surface area contributed by atoms with Crippen molar-refractivity contribution >= 4 is 38.5 Å². The number of hydrogen-bond acceptors (Lipinski definition) is 5. The average molecular weight is 387 g/mol. The Bertz CT molecular complexity index is 829. The number of thiazole rings is 1. The molecule has 10 heteroatoms. The van der Waals surface area contributed by atoms with Crippen LogP contribution in [0.15, 0.2) is 18.2 Å². The van der Waals surface area contributed by atoms with Crippen LogP contribution < -0.4 is 10.1 Å². The summed E-state index contributed by atoms with van der Waals surface area (Å²) in [5, 5.41) is 3.04. The topological polar surface area (TPSA) is 71.5 Å². The molecule has 1 aliphatic rings. The molecule has 0 aliphatic carbocycles. The molecule has 2 aromatic rings. The van der Waals surface area contributed by atoms with Gasteiger partial charge < -0.3 is 15.0 Å². The van der Waals surface area contributed by atoms with Crippen molar-refractivity contribution < 1.29 is 27.5 Å². The molecule has 6 nitrogen and oxygen atoms in total. The number of likely N-dealkylation sites (tertiary alicyclic amines) is 1. The molecule has 2 amide bonds. The van der Waals surface area contributed by atoms with Crippen molar-refractivity contribution in [3.8, 4) is 5.75 Å². The number of halogens is 3. The highest BCUT2D eigenvalue weighted by molar-refractivity contribution is 7.22. The predicted molar refractivity (Wildman–Crippen MR) is 89.9 cm³/mol. The maximum atomic E-state index is 12.4. The number of hydrogen-bond donors (Lipinski definition) is 1. The zero-order chi connectivity index (χ0) is 18.9. The van der Waals surface area contributed by atoms with E-state index in [9.17, 15) is 22.8 Å². The first-order valence-electron chi connectivity index (χ1n) is 7.94. The Morgan fingerprint density at radius 3 is 2.62 bits per heavy atom. The smallest absolute Gasteiger partial charge is 0.406 e. The summed E-state index contributed by atoms with van der Waals surface area (Å²) in [6.07, 6.45) is -3.62. The Hall–Kier alpha value is -2.36. The highest BCUT2D eigenvalue weighted by Gasteiger charge is 2.31. The Labute approximate surface area is 150 Å². The number of piperidine rings is 1. The lowest BCUT2D eigenvalue weighted by Gasteiger charge is -2.30. The van der Waals surface area contributed by atoms with E-state index >= 15 is 0 Å². The van der Waals surface area contributed by atoms with Gasteiger partial charge in [-0.1, -0.05) is 11.3 Å². The number of alkyl halides is 3. The summed E-state index contributed by atoms with van der Waals surface area (Å²) in [6.45, 7) is 2.56. The number of aromatic nitrogens is 1. The summed E-state index contributed by atoms with van der Waals surface area (Å²) >= 11 is 1.08. The van der Waals surface area contributed by atoms with Gasteiger partial charge in [-0.25, -0.2) is 4.98 Å². The fourth-order valence-corrected chi connectivity index (χ4v) is 3.72.